The predicted octanol–water partition coefficient (Wildman–Crippen LogP) is 4.60. The van der Waals surface area contributed by atoms with Crippen molar-refractivity contribution in [1.82, 2.24) is 40.4 Å². The third kappa shape index (κ3) is 4.42. The van der Waals surface area contributed by atoms with E-state index in [0.29, 0.717) is 33.7 Å². The van der Waals surface area contributed by atoms with Crippen LogP contribution in [-0.2, 0) is 0 Å². The second kappa shape index (κ2) is 9.44. The van der Waals surface area contributed by atoms with Crippen molar-refractivity contribution in [2.75, 3.05) is 13.1 Å². The highest BCUT2D eigenvalue weighted by Gasteiger charge is 2.18. The summed E-state index contributed by atoms with van der Waals surface area (Å²) in [6.07, 6.45) is 10.6. The topological polar surface area (TPSA) is 138 Å². The molecule has 10 nitrogen and oxygen atoms in total. The van der Waals surface area contributed by atoms with E-state index in [1.165, 1.54) is 12.1 Å². The van der Waals surface area contributed by atoms with Gasteiger partial charge in [0.25, 0.3) is 0 Å². The van der Waals surface area contributed by atoms with Crippen molar-refractivity contribution in [3.8, 4) is 45.4 Å². The lowest BCUT2D eigenvalue weighted by Crippen LogP contribution is -2.34. The SMILES string of the molecule is Oc1cc(F)cc(-c2cncc3[nH]c(-c4n[nH]c5cnc(-c6cncc(OC7CCNCC7)c6)cc45)nc23)c1. The first-order valence-electron chi connectivity index (χ1n) is 12.6. The van der Waals surface area contributed by atoms with Crippen LogP contribution in [0.3, 0.4) is 0 Å². The molecule has 7 rings (SSSR count). The van der Waals surface area contributed by atoms with Crippen LogP contribution in [0.1, 0.15) is 12.8 Å². The van der Waals surface area contributed by atoms with Gasteiger partial charge in [0.05, 0.1) is 40.8 Å². The lowest BCUT2D eigenvalue weighted by atomic mass is 10.1. The highest BCUT2D eigenvalue weighted by Crippen LogP contribution is 2.33. The van der Waals surface area contributed by atoms with E-state index in [-0.39, 0.29) is 11.9 Å². The van der Waals surface area contributed by atoms with Crippen LogP contribution in [0.2, 0.25) is 0 Å². The van der Waals surface area contributed by atoms with Crippen molar-refractivity contribution in [3.05, 3.63) is 67.1 Å². The summed E-state index contributed by atoms with van der Waals surface area (Å²) < 4.78 is 20.2. The first-order chi connectivity index (χ1) is 19.1. The number of nitrogens with one attached hydrogen (secondary N) is 3. The number of hydrogen-bond acceptors (Lipinski definition) is 8. The smallest absolute Gasteiger partial charge is 0.159 e. The third-order valence-corrected chi connectivity index (χ3v) is 6.86. The van der Waals surface area contributed by atoms with Gasteiger partial charge in [-0.05, 0) is 55.8 Å². The van der Waals surface area contributed by atoms with Crippen molar-refractivity contribution in [1.29, 1.82) is 0 Å². The number of aromatic hydroxyl groups is 1. The Hall–Kier alpha value is -4.90. The first kappa shape index (κ1) is 23.2. The molecule has 6 heterocycles. The van der Waals surface area contributed by atoms with Crippen LogP contribution in [0.5, 0.6) is 11.5 Å². The Kier molecular flexibility index (Phi) is 5.63. The largest absolute Gasteiger partial charge is 0.508 e. The molecule has 0 bridgehead atoms. The number of pyridine rings is 3. The summed E-state index contributed by atoms with van der Waals surface area (Å²) in [6.45, 7) is 1.90. The summed E-state index contributed by atoms with van der Waals surface area (Å²) in [5, 5.41) is 21.6. The van der Waals surface area contributed by atoms with Gasteiger partial charge in [0.1, 0.15) is 29.1 Å². The van der Waals surface area contributed by atoms with Crippen LogP contribution in [0.15, 0.2) is 61.3 Å². The van der Waals surface area contributed by atoms with Gasteiger partial charge in [0, 0.05) is 35.0 Å². The Morgan fingerprint density at radius 2 is 1.77 bits per heavy atom. The minimum absolute atomic E-state index is 0.169. The van der Waals surface area contributed by atoms with Crippen LogP contribution in [0, 0.1) is 5.82 Å². The fraction of sp³-hybridized carbons (Fsp3) is 0.179. The number of phenolic OH excluding ortho intramolecular Hbond substituents is 1. The van der Waals surface area contributed by atoms with Gasteiger partial charge in [-0.1, -0.05) is 0 Å². The van der Waals surface area contributed by atoms with Crippen LogP contribution in [0.4, 0.5) is 4.39 Å². The zero-order valence-corrected chi connectivity index (χ0v) is 20.6. The fourth-order valence-corrected chi connectivity index (χ4v) is 4.97. The van der Waals surface area contributed by atoms with Gasteiger partial charge in [-0.15, -0.1) is 0 Å². The molecule has 0 spiro atoms. The number of imidazole rings is 1. The summed E-state index contributed by atoms with van der Waals surface area (Å²) in [4.78, 5) is 21.3. The number of rotatable bonds is 5. The number of H-pyrrole nitrogens is 2. The summed E-state index contributed by atoms with van der Waals surface area (Å²) in [5.41, 5.74) is 5.21. The lowest BCUT2D eigenvalue weighted by Gasteiger charge is -2.23. The van der Waals surface area contributed by atoms with Crippen LogP contribution >= 0.6 is 0 Å². The molecule has 1 aromatic carbocycles. The molecule has 0 unspecified atom stereocenters. The second-order valence-electron chi connectivity index (χ2n) is 9.53. The average Bonchev–Trinajstić information content (AvgIpc) is 3.57. The van der Waals surface area contributed by atoms with E-state index in [2.05, 4.69) is 35.5 Å². The van der Waals surface area contributed by atoms with Crippen molar-refractivity contribution in [2.24, 2.45) is 0 Å². The van der Waals surface area contributed by atoms with E-state index in [1.807, 2.05) is 12.1 Å². The normalized spacial score (nSPS) is 14.3. The summed E-state index contributed by atoms with van der Waals surface area (Å²) >= 11 is 0. The molecule has 0 saturated carbocycles. The lowest BCUT2D eigenvalue weighted by molar-refractivity contribution is 0.162. The molecule has 0 aliphatic carbocycles. The summed E-state index contributed by atoms with van der Waals surface area (Å²) in [5.74, 6) is 0.519. The van der Waals surface area contributed by atoms with Crippen LogP contribution in [0.25, 0.3) is 55.8 Å². The number of hydrogen-bond donors (Lipinski definition) is 4. The fourth-order valence-electron chi connectivity index (χ4n) is 4.97. The van der Waals surface area contributed by atoms with Gasteiger partial charge in [-0.3, -0.25) is 20.1 Å². The number of fused-ring (bicyclic) bond motifs is 2. The van der Waals surface area contributed by atoms with Crippen molar-refractivity contribution < 1.29 is 14.2 Å². The van der Waals surface area contributed by atoms with E-state index in [0.717, 1.165) is 59.9 Å². The van der Waals surface area contributed by atoms with Crippen molar-refractivity contribution >= 4 is 21.9 Å². The maximum Gasteiger partial charge on any atom is 0.159 e. The number of piperidine rings is 1. The molecule has 0 radical (unpaired) electrons. The van der Waals surface area contributed by atoms with Gasteiger partial charge in [0.2, 0.25) is 0 Å². The number of aromatic amines is 2. The Balaban J connectivity index is 1.26. The quantitative estimate of drug-likeness (QED) is 0.258. The number of aromatic nitrogens is 7. The molecule has 1 fully saturated rings. The Bertz CT molecular complexity index is 1810. The van der Waals surface area contributed by atoms with Gasteiger partial charge in [-0.25, -0.2) is 9.37 Å². The molecule has 0 atom stereocenters. The number of benzene rings is 1. The summed E-state index contributed by atoms with van der Waals surface area (Å²) in [7, 11) is 0. The average molecular weight is 523 g/mol. The van der Waals surface area contributed by atoms with Gasteiger partial charge in [-0.2, -0.15) is 5.10 Å². The summed E-state index contributed by atoms with van der Waals surface area (Å²) in [6, 6.07) is 7.77. The van der Waals surface area contributed by atoms with Crippen LogP contribution in [-0.4, -0.2) is 59.4 Å². The van der Waals surface area contributed by atoms with E-state index < -0.39 is 5.82 Å². The molecule has 39 heavy (non-hydrogen) atoms. The molecule has 5 aromatic heterocycles. The maximum atomic E-state index is 14.0. The second-order valence-corrected chi connectivity index (χ2v) is 9.53. The molecule has 1 saturated heterocycles. The van der Waals surface area contributed by atoms with Crippen molar-refractivity contribution in [2.45, 2.75) is 18.9 Å². The molecule has 194 valence electrons. The van der Waals surface area contributed by atoms with Gasteiger partial charge in [0.15, 0.2) is 5.82 Å². The molecular formula is C28H23FN8O2. The maximum absolute atomic E-state index is 14.0. The Labute approximate surface area is 221 Å². The highest BCUT2D eigenvalue weighted by molar-refractivity contribution is 5.97. The number of ether oxygens (including phenoxy) is 1. The van der Waals surface area contributed by atoms with Gasteiger partial charge < -0.3 is 20.1 Å². The van der Waals surface area contributed by atoms with Gasteiger partial charge >= 0.3 is 0 Å². The standard InChI is InChI=1S/C28H23FN8O2/c29-17-5-15(6-18(38)8-17)22-12-32-13-25-26(22)35-28(34-25)27-21-9-23(33-14-24(21)36-37-27)16-7-20(11-31-10-16)39-19-1-3-30-4-2-19/h5-14,19,30,38H,1-4H2,(H,34,35)(H,36,37). The van der Waals surface area contributed by atoms with E-state index in [4.69, 9.17) is 9.72 Å². The highest BCUT2D eigenvalue weighted by atomic mass is 19.1. The molecule has 11 heteroatoms. The van der Waals surface area contributed by atoms with Crippen molar-refractivity contribution in [3.63, 3.8) is 0 Å². The third-order valence-electron chi connectivity index (χ3n) is 6.86. The molecule has 1 aliphatic heterocycles. The number of nitrogens with zero attached hydrogens (tertiary/aromatic N) is 5. The predicted molar refractivity (Wildman–Crippen MR) is 144 cm³/mol. The molecular weight excluding hydrogens is 499 g/mol. The number of phenols is 1. The van der Waals surface area contributed by atoms with Crippen LogP contribution < -0.4 is 10.1 Å². The zero-order valence-electron chi connectivity index (χ0n) is 20.6. The molecule has 4 N–H and O–H groups in total. The van der Waals surface area contributed by atoms with E-state index in [1.54, 1.807) is 31.0 Å². The Morgan fingerprint density at radius 1 is 0.897 bits per heavy atom. The number of halogens is 1. The minimum Gasteiger partial charge on any atom is -0.508 e. The zero-order chi connectivity index (χ0) is 26.3. The Morgan fingerprint density at radius 3 is 2.64 bits per heavy atom. The monoisotopic (exact) mass is 522 g/mol. The molecule has 0 amide bonds. The molecule has 1 aliphatic rings. The minimum atomic E-state index is -0.546. The van der Waals surface area contributed by atoms with E-state index >= 15 is 0 Å². The van der Waals surface area contributed by atoms with E-state index in [9.17, 15) is 9.50 Å². The molecule has 6 aromatic rings. The first-order valence-corrected chi connectivity index (χ1v) is 12.6.